The van der Waals surface area contributed by atoms with E-state index in [0.29, 0.717) is 16.8 Å². The van der Waals surface area contributed by atoms with E-state index in [-0.39, 0.29) is 30.3 Å². The molecular weight excluding hydrogens is 334 g/mol. The van der Waals surface area contributed by atoms with E-state index in [4.69, 9.17) is 9.47 Å². The van der Waals surface area contributed by atoms with E-state index in [1.165, 1.54) is 0 Å². The summed E-state index contributed by atoms with van der Waals surface area (Å²) in [6, 6.07) is 7.20. The van der Waals surface area contributed by atoms with Crippen LogP contribution in [0.3, 0.4) is 0 Å². The van der Waals surface area contributed by atoms with Gasteiger partial charge in [0.15, 0.2) is 12.4 Å². The molecule has 1 aromatic carbocycles. The average Bonchev–Trinajstić information content (AvgIpc) is 2.94. The second kappa shape index (κ2) is 8.47. The molecule has 0 spiro atoms. The molecule has 0 fully saturated rings. The molecule has 1 heterocycles. The Morgan fingerprint density at radius 2 is 1.62 bits per heavy atom. The molecule has 0 aliphatic rings. The second-order valence-electron chi connectivity index (χ2n) is 5.90. The van der Waals surface area contributed by atoms with Gasteiger partial charge in [-0.1, -0.05) is 31.2 Å². The maximum absolute atomic E-state index is 12.4. The van der Waals surface area contributed by atoms with Gasteiger partial charge in [-0.15, -0.1) is 0 Å². The molecule has 0 aliphatic carbocycles. The predicted molar refractivity (Wildman–Crippen MR) is 96.7 cm³/mol. The zero-order valence-corrected chi connectivity index (χ0v) is 15.5. The van der Waals surface area contributed by atoms with Crippen LogP contribution >= 0.6 is 0 Å². The molecule has 26 heavy (non-hydrogen) atoms. The van der Waals surface area contributed by atoms with Crippen LogP contribution in [0.2, 0.25) is 0 Å². The van der Waals surface area contributed by atoms with Crippen LogP contribution in [-0.2, 0) is 15.9 Å². The molecule has 0 saturated heterocycles. The fraction of sp³-hybridized carbons (Fsp3) is 0.350. The first-order valence-electron chi connectivity index (χ1n) is 8.54. The van der Waals surface area contributed by atoms with Crippen LogP contribution in [0.25, 0.3) is 0 Å². The van der Waals surface area contributed by atoms with Gasteiger partial charge in [0.2, 0.25) is 0 Å². The summed E-state index contributed by atoms with van der Waals surface area (Å²) >= 11 is 0. The van der Waals surface area contributed by atoms with Crippen molar-refractivity contribution in [2.75, 3.05) is 13.2 Å². The summed E-state index contributed by atoms with van der Waals surface area (Å²) in [7, 11) is 0. The smallest absolute Gasteiger partial charge is 0.355 e. The van der Waals surface area contributed by atoms with Gasteiger partial charge in [0.05, 0.1) is 12.2 Å². The quantitative estimate of drug-likeness (QED) is 0.606. The molecule has 0 aliphatic heterocycles. The van der Waals surface area contributed by atoms with Crippen molar-refractivity contribution in [3.8, 4) is 0 Å². The van der Waals surface area contributed by atoms with E-state index in [2.05, 4.69) is 4.98 Å². The molecule has 1 aromatic heterocycles. The van der Waals surface area contributed by atoms with Crippen LogP contribution in [0.15, 0.2) is 24.3 Å². The van der Waals surface area contributed by atoms with Gasteiger partial charge in [-0.05, 0) is 38.3 Å². The maximum Gasteiger partial charge on any atom is 0.355 e. The fourth-order valence-electron chi connectivity index (χ4n) is 2.68. The van der Waals surface area contributed by atoms with Crippen molar-refractivity contribution in [2.24, 2.45) is 0 Å². The molecule has 0 radical (unpaired) electrons. The summed E-state index contributed by atoms with van der Waals surface area (Å²) in [4.78, 5) is 39.3. The number of nitrogens with one attached hydrogen (secondary N) is 1. The molecular formula is C20H23NO5. The van der Waals surface area contributed by atoms with Gasteiger partial charge in [-0.25, -0.2) is 9.59 Å². The van der Waals surface area contributed by atoms with Gasteiger partial charge in [0.1, 0.15) is 5.69 Å². The Balaban J connectivity index is 2.07. The van der Waals surface area contributed by atoms with E-state index in [0.717, 1.165) is 12.0 Å². The minimum absolute atomic E-state index is 0.220. The standard InChI is InChI=1S/C20H23NO5/c1-5-14-7-9-15(10-8-14)16(22)11-26-19(23)17-12(3)18(21-13(17)4)20(24)25-6-2/h7-10,21H,5-6,11H2,1-4H3. The van der Waals surface area contributed by atoms with Gasteiger partial charge < -0.3 is 14.5 Å². The van der Waals surface area contributed by atoms with Crippen molar-refractivity contribution in [1.82, 2.24) is 4.98 Å². The number of aromatic nitrogens is 1. The van der Waals surface area contributed by atoms with Gasteiger partial charge in [-0.3, -0.25) is 4.79 Å². The number of rotatable bonds is 7. The highest BCUT2D eigenvalue weighted by molar-refractivity contribution is 6.01. The van der Waals surface area contributed by atoms with Crippen LogP contribution in [0.1, 0.15) is 61.9 Å². The van der Waals surface area contributed by atoms with Crippen molar-refractivity contribution in [2.45, 2.75) is 34.1 Å². The highest BCUT2D eigenvalue weighted by Gasteiger charge is 2.24. The summed E-state index contributed by atoms with van der Waals surface area (Å²) in [5.41, 5.74) is 3.04. The Kier molecular flexibility index (Phi) is 6.33. The lowest BCUT2D eigenvalue weighted by atomic mass is 10.1. The van der Waals surface area contributed by atoms with E-state index in [9.17, 15) is 14.4 Å². The zero-order chi connectivity index (χ0) is 19.3. The summed E-state index contributed by atoms with van der Waals surface area (Å²) in [5, 5.41) is 0. The largest absolute Gasteiger partial charge is 0.461 e. The Morgan fingerprint density at radius 1 is 0.962 bits per heavy atom. The van der Waals surface area contributed by atoms with Crippen molar-refractivity contribution < 1.29 is 23.9 Å². The lowest BCUT2D eigenvalue weighted by molar-refractivity contribution is 0.0473. The Hall–Kier alpha value is -2.89. The van der Waals surface area contributed by atoms with Crippen LogP contribution < -0.4 is 0 Å². The third-order valence-corrected chi connectivity index (χ3v) is 4.14. The number of aryl methyl sites for hydroxylation is 2. The monoisotopic (exact) mass is 357 g/mol. The summed E-state index contributed by atoms with van der Waals surface area (Å²) in [6.07, 6.45) is 0.887. The molecule has 2 rings (SSSR count). The topological polar surface area (TPSA) is 85.5 Å². The normalized spacial score (nSPS) is 10.5. The number of carbonyl (C=O) groups excluding carboxylic acids is 3. The summed E-state index contributed by atoms with van der Waals surface area (Å²) in [6.45, 7) is 6.92. The molecule has 2 aromatic rings. The van der Waals surface area contributed by atoms with E-state index >= 15 is 0 Å². The van der Waals surface area contributed by atoms with Crippen LogP contribution in [-0.4, -0.2) is 35.9 Å². The first kappa shape index (κ1) is 19.4. The number of H-pyrrole nitrogens is 1. The van der Waals surface area contributed by atoms with Crippen LogP contribution in [0.4, 0.5) is 0 Å². The minimum atomic E-state index is -0.648. The number of esters is 2. The molecule has 0 unspecified atom stereocenters. The predicted octanol–water partition coefficient (Wildman–Crippen LogP) is 3.41. The number of Topliss-reactive ketones (excluding diaryl/α,β-unsaturated/α-hetero) is 1. The van der Waals surface area contributed by atoms with Gasteiger partial charge in [0.25, 0.3) is 0 Å². The highest BCUT2D eigenvalue weighted by Crippen LogP contribution is 2.20. The first-order chi connectivity index (χ1) is 12.4. The van der Waals surface area contributed by atoms with Gasteiger partial charge in [0, 0.05) is 11.3 Å². The number of carbonyl (C=O) groups is 3. The Bertz CT molecular complexity index is 817. The van der Waals surface area contributed by atoms with Crippen molar-refractivity contribution in [3.05, 3.63) is 57.9 Å². The van der Waals surface area contributed by atoms with Gasteiger partial charge in [-0.2, -0.15) is 0 Å². The molecule has 138 valence electrons. The van der Waals surface area contributed by atoms with Crippen molar-refractivity contribution in [1.29, 1.82) is 0 Å². The van der Waals surface area contributed by atoms with E-state index < -0.39 is 11.9 Å². The molecule has 6 nitrogen and oxygen atoms in total. The van der Waals surface area contributed by atoms with E-state index in [1.54, 1.807) is 32.9 Å². The Morgan fingerprint density at radius 3 is 2.19 bits per heavy atom. The van der Waals surface area contributed by atoms with Crippen molar-refractivity contribution >= 4 is 17.7 Å². The molecule has 0 saturated carbocycles. The number of aromatic amines is 1. The highest BCUT2D eigenvalue weighted by atomic mass is 16.5. The third kappa shape index (κ3) is 4.20. The summed E-state index contributed by atoms with van der Waals surface area (Å²) in [5.74, 6) is -1.46. The average molecular weight is 357 g/mol. The molecule has 0 amide bonds. The molecule has 0 atom stereocenters. The molecule has 6 heteroatoms. The van der Waals surface area contributed by atoms with Crippen LogP contribution in [0, 0.1) is 13.8 Å². The number of benzene rings is 1. The maximum atomic E-state index is 12.4. The number of ether oxygens (including phenoxy) is 2. The Labute approximate surface area is 152 Å². The second-order valence-corrected chi connectivity index (χ2v) is 5.90. The fourth-order valence-corrected chi connectivity index (χ4v) is 2.68. The minimum Gasteiger partial charge on any atom is -0.461 e. The van der Waals surface area contributed by atoms with Gasteiger partial charge >= 0.3 is 11.9 Å². The number of hydrogen-bond acceptors (Lipinski definition) is 5. The van der Waals surface area contributed by atoms with Crippen LogP contribution in [0.5, 0.6) is 0 Å². The van der Waals surface area contributed by atoms with Crippen molar-refractivity contribution in [3.63, 3.8) is 0 Å². The third-order valence-electron chi connectivity index (χ3n) is 4.14. The summed E-state index contributed by atoms with van der Waals surface area (Å²) < 4.78 is 10.1. The lowest BCUT2D eigenvalue weighted by Gasteiger charge is -2.06. The number of ketones is 1. The SMILES string of the molecule is CCOC(=O)c1[nH]c(C)c(C(=O)OCC(=O)c2ccc(CC)cc2)c1C. The number of hydrogen-bond donors (Lipinski definition) is 1. The molecule has 0 bridgehead atoms. The molecule has 1 N–H and O–H groups in total. The first-order valence-corrected chi connectivity index (χ1v) is 8.54. The lowest BCUT2D eigenvalue weighted by Crippen LogP contribution is -2.15. The van der Waals surface area contributed by atoms with E-state index in [1.807, 2.05) is 19.1 Å². The zero-order valence-electron chi connectivity index (χ0n) is 15.5.